The van der Waals surface area contributed by atoms with E-state index in [4.69, 9.17) is 16.0 Å². The third-order valence-corrected chi connectivity index (χ3v) is 4.54. The summed E-state index contributed by atoms with van der Waals surface area (Å²) in [6, 6.07) is 22.7. The van der Waals surface area contributed by atoms with Crippen LogP contribution in [0.1, 0.15) is 0 Å². The summed E-state index contributed by atoms with van der Waals surface area (Å²) in [5.41, 5.74) is 1.88. The Morgan fingerprint density at radius 2 is 1.45 bits per heavy atom. The van der Waals surface area contributed by atoms with Crippen LogP contribution in [-0.2, 0) is 0 Å². The van der Waals surface area contributed by atoms with E-state index in [1.807, 2.05) is 30.3 Å². The van der Waals surface area contributed by atoms with Crippen LogP contribution in [0.4, 0.5) is 0 Å². The normalized spacial score (nSPS) is 11.9. The van der Waals surface area contributed by atoms with E-state index in [2.05, 4.69) is 36.4 Å². The lowest BCUT2D eigenvalue weighted by molar-refractivity contribution is 0.673. The Labute approximate surface area is 131 Å². The van der Waals surface area contributed by atoms with Crippen LogP contribution in [0.2, 0.25) is 5.02 Å². The summed E-state index contributed by atoms with van der Waals surface area (Å²) in [5, 5.41) is 7.71. The molecule has 0 spiro atoms. The van der Waals surface area contributed by atoms with Crippen LogP contribution in [0.15, 0.2) is 71.1 Å². The minimum absolute atomic E-state index is 0.753. The summed E-state index contributed by atoms with van der Waals surface area (Å²) in [4.78, 5) is 0. The highest BCUT2D eigenvalue weighted by Gasteiger charge is 2.12. The summed E-state index contributed by atoms with van der Waals surface area (Å²) >= 11 is 6.13. The smallest absolute Gasteiger partial charge is 0.143 e. The Balaban J connectivity index is 2.10. The van der Waals surface area contributed by atoms with E-state index in [1.54, 1.807) is 0 Å². The van der Waals surface area contributed by atoms with Gasteiger partial charge in [-0.05, 0) is 40.4 Å². The topological polar surface area (TPSA) is 13.1 Å². The van der Waals surface area contributed by atoms with Crippen LogP contribution in [0.3, 0.4) is 0 Å². The van der Waals surface area contributed by atoms with Gasteiger partial charge >= 0.3 is 0 Å². The second-order valence-corrected chi connectivity index (χ2v) is 6.01. The molecule has 4 aromatic carbocycles. The molecular weight excluding hydrogens is 292 g/mol. The first-order chi connectivity index (χ1) is 10.8. The predicted octanol–water partition coefficient (Wildman–Crippen LogP) is 6.55. The highest BCUT2D eigenvalue weighted by atomic mass is 35.5. The lowest BCUT2D eigenvalue weighted by Gasteiger charge is -2.05. The quantitative estimate of drug-likeness (QED) is 0.296. The Bertz CT molecular complexity index is 1180. The van der Waals surface area contributed by atoms with E-state index >= 15 is 0 Å². The molecule has 1 aromatic heterocycles. The van der Waals surface area contributed by atoms with E-state index in [0.29, 0.717) is 0 Å². The SMILES string of the molecule is Clc1ccc2c(ccc3ccc4c5ccccc5oc4c32)c1. The summed E-state index contributed by atoms with van der Waals surface area (Å²) in [5.74, 6) is 0. The Hall–Kier alpha value is -2.51. The molecule has 104 valence electrons. The molecule has 1 nitrogen and oxygen atoms in total. The lowest BCUT2D eigenvalue weighted by Crippen LogP contribution is -1.79. The molecule has 0 unspecified atom stereocenters. The van der Waals surface area contributed by atoms with Gasteiger partial charge in [-0.1, -0.05) is 54.1 Å². The first kappa shape index (κ1) is 12.1. The van der Waals surface area contributed by atoms with Gasteiger partial charge in [-0.25, -0.2) is 0 Å². The van der Waals surface area contributed by atoms with Gasteiger partial charge in [0.2, 0.25) is 0 Å². The van der Waals surface area contributed by atoms with E-state index in [1.165, 1.54) is 10.8 Å². The van der Waals surface area contributed by atoms with Crippen LogP contribution in [-0.4, -0.2) is 0 Å². The maximum Gasteiger partial charge on any atom is 0.143 e. The molecule has 5 rings (SSSR count). The Morgan fingerprint density at radius 1 is 0.682 bits per heavy atom. The molecule has 0 aliphatic rings. The van der Waals surface area contributed by atoms with Crippen molar-refractivity contribution in [1.29, 1.82) is 0 Å². The van der Waals surface area contributed by atoms with Gasteiger partial charge in [0.25, 0.3) is 0 Å². The minimum atomic E-state index is 0.753. The van der Waals surface area contributed by atoms with Crippen molar-refractivity contribution in [2.24, 2.45) is 0 Å². The van der Waals surface area contributed by atoms with Crippen molar-refractivity contribution < 1.29 is 4.42 Å². The monoisotopic (exact) mass is 302 g/mol. The lowest BCUT2D eigenvalue weighted by atomic mass is 9.99. The van der Waals surface area contributed by atoms with E-state index in [9.17, 15) is 0 Å². The average Bonchev–Trinajstić information content (AvgIpc) is 2.93. The average molecular weight is 303 g/mol. The second kappa shape index (κ2) is 4.25. The van der Waals surface area contributed by atoms with Crippen molar-refractivity contribution in [3.63, 3.8) is 0 Å². The molecule has 1 heterocycles. The van der Waals surface area contributed by atoms with Crippen molar-refractivity contribution >= 4 is 55.1 Å². The van der Waals surface area contributed by atoms with Gasteiger partial charge in [0.05, 0.1) is 0 Å². The van der Waals surface area contributed by atoms with Crippen molar-refractivity contribution in [2.45, 2.75) is 0 Å². The predicted molar refractivity (Wildman–Crippen MR) is 93.7 cm³/mol. The third kappa shape index (κ3) is 1.54. The standard InChI is InChI=1S/C20H11ClO/c21-14-8-10-15-13(11-14)6-5-12-7-9-17-16-3-1-2-4-18(16)22-20(17)19(12)15/h1-11H. The number of benzene rings is 4. The Morgan fingerprint density at radius 3 is 2.41 bits per heavy atom. The number of furan rings is 1. The molecule has 5 aromatic rings. The number of para-hydroxylation sites is 1. The first-order valence-corrected chi connectivity index (χ1v) is 7.61. The van der Waals surface area contributed by atoms with Crippen molar-refractivity contribution in [2.75, 3.05) is 0 Å². The molecule has 0 fully saturated rings. The van der Waals surface area contributed by atoms with Crippen LogP contribution < -0.4 is 0 Å². The van der Waals surface area contributed by atoms with Gasteiger partial charge in [-0.3, -0.25) is 0 Å². The van der Waals surface area contributed by atoms with E-state index in [0.717, 1.165) is 37.7 Å². The molecule has 0 aliphatic carbocycles. The van der Waals surface area contributed by atoms with Crippen molar-refractivity contribution in [1.82, 2.24) is 0 Å². The number of fused-ring (bicyclic) bond motifs is 7. The molecule has 2 heteroatoms. The van der Waals surface area contributed by atoms with Gasteiger partial charge in [0.15, 0.2) is 0 Å². The fraction of sp³-hybridized carbons (Fsp3) is 0. The summed E-state index contributed by atoms with van der Waals surface area (Å²) in [6.07, 6.45) is 0. The van der Waals surface area contributed by atoms with E-state index < -0.39 is 0 Å². The fourth-order valence-electron chi connectivity index (χ4n) is 3.30. The minimum Gasteiger partial charge on any atom is -0.455 e. The molecule has 0 N–H and O–H groups in total. The molecule has 0 amide bonds. The molecule has 0 bridgehead atoms. The molecule has 0 aliphatic heterocycles. The number of rotatable bonds is 0. The Kier molecular flexibility index (Phi) is 2.33. The summed E-state index contributed by atoms with van der Waals surface area (Å²) < 4.78 is 6.17. The van der Waals surface area contributed by atoms with Crippen LogP contribution >= 0.6 is 11.6 Å². The maximum absolute atomic E-state index is 6.17. The summed E-state index contributed by atoms with van der Waals surface area (Å²) in [7, 11) is 0. The van der Waals surface area contributed by atoms with Gasteiger partial charge in [0.1, 0.15) is 11.2 Å². The largest absolute Gasteiger partial charge is 0.455 e. The maximum atomic E-state index is 6.17. The summed E-state index contributed by atoms with van der Waals surface area (Å²) in [6.45, 7) is 0. The van der Waals surface area contributed by atoms with Crippen LogP contribution in [0.25, 0.3) is 43.5 Å². The highest BCUT2D eigenvalue weighted by Crippen LogP contribution is 2.37. The highest BCUT2D eigenvalue weighted by molar-refractivity contribution is 6.32. The molecule has 0 atom stereocenters. The third-order valence-electron chi connectivity index (χ3n) is 4.30. The van der Waals surface area contributed by atoms with Crippen LogP contribution in [0.5, 0.6) is 0 Å². The molecular formula is C20H11ClO. The molecule has 0 saturated carbocycles. The zero-order valence-corrected chi connectivity index (χ0v) is 12.4. The first-order valence-electron chi connectivity index (χ1n) is 7.23. The second-order valence-electron chi connectivity index (χ2n) is 5.57. The van der Waals surface area contributed by atoms with Crippen molar-refractivity contribution in [3.8, 4) is 0 Å². The van der Waals surface area contributed by atoms with E-state index in [-0.39, 0.29) is 0 Å². The zero-order valence-electron chi connectivity index (χ0n) is 11.6. The van der Waals surface area contributed by atoms with Crippen molar-refractivity contribution in [3.05, 3.63) is 71.8 Å². The van der Waals surface area contributed by atoms with Gasteiger partial charge in [0, 0.05) is 21.2 Å². The number of hydrogen-bond donors (Lipinski definition) is 0. The zero-order chi connectivity index (χ0) is 14.7. The molecule has 0 radical (unpaired) electrons. The number of hydrogen-bond acceptors (Lipinski definition) is 1. The van der Waals surface area contributed by atoms with Gasteiger partial charge in [-0.2, -0.15) is 0 Å². The van der Waals surface area contributed by atoms with Crippen LogP contribution in [0, 0.1) is 0 Å². The number of halogens is 1. The fourth-order valence-corrected chi connectivity index (χ4v) is 3.48. The van der Waals surface area contributed by atoms with Gasteiger partial charge in [-0.15, -0.1) is 0 Å². The molecule has 0 saturated heterocycles. The molecule has 22 heavy (non-hydrogen) atoms. The van der Waals surface area contributed by atoms with Gasteiger partial charge < -0.3 is 4.42 Å².